The van der Waals surface area contributed by atoms with Crippen LogP contribution in [0.3, 0.4) is 0 Å². The van der Waals surface area contributed by atoms with Crippen LogP contribution in [-0.4, -0.2) is 51.2 Å². The van der Waals surface area contributed by atoms with Gasteiger partial charge in [0.25, 0.3) is 5.91 Å². The van der Waals surface area contributed by atoms with Crippen LogP contribution in [0.1, 0.15) is 34.3 Å². The molecule has 2 amide bonds. The van der Waals surface area contributed by atoms with Crippen LogP contribution in [0, 0.1) is 12.3 Å². The fourth-order valence-electron chi connectivity index (χ4n) is 3.95. The number of amides is 2. The van der Waals surface area contributed by atoms with Gasteiger partial charge in [0.15, 0.2) is 0 Å². The largest absolute Gasteiger partial charge is 0.339 e. The molecular formula is C20H22N4O2. The summed E-state index contributed by atoms with van der Waals surface area (Å²) in [5, 5.41) is 0. The maximum absolute atomic E-state index is 12.7. The lowest BCUT2D eigenvalue weighted by atomic mass is 9.71. The summed E-state index contributed by atoms with van der Waals surface area (Å²) < 4.78 is 0. The minimum atomic E-state index is -0.274. The highest BCUT2D eigenvalue weighted by molar-refractivity contribution is 5.94. The van der Waals surface area contributed by atoms with Gasteiger partial charge in [-0.1, -0.05) is 6.07 Å². The SMILES string of the molecule is Cc1cncc(C(=O)N2CCC3(CC2)CN(Cc2cccnc2)C3=O)c1. The maximum atomic E-state index is 12.7. The molecular weight excluding hydrogens is 328 g/mol. The van der Waals surface area contributed by atoms with E-state index in [0.717, 1.165) is 30.5 Å². The van der Waals surface area contributed by atoms with E-state index in [9.17, 15) is 9.59 Å². The van der Waals surface area contributed by atoms with Gasteiger partial charge < -0.3 is 9.80 Å². The van der Waals surface area contributed by atoms with Crippen LogP contribution in [0.5, 0.6) is 0 Å². The van der Waals surface area contributed by atoms with Gasteiger partial charge in [-0.05, 0) is 43.0 Å². The van der Waals surface area contributed by atoms with Crippen molar-refractivity contribution < 1.29 is 9.59 Å². The molecule has 2 saturated heterocycles. The summed E-state index contributed by atoms with van der Waals surface area (Å²) in [7, 11) is 0. The second-order valence-corrected chi connectivity index (χ2v) is 7.35. The van der Waals surface area contributed by atoms with Crippen LogP contribution in [0.15, 0.2) is 43.0 Å². The number of likely N-dealkylation sites (tertiary alicyclic amines) is 2. The van der Waals surface area contributed by atoms with Crippen molar-refractivity contribution in [3.8, 4) is 0 Å². The topological polar surface area (TPSA) is 66.4 Å². The average molecular weight is 350 g/mol. The van der Waals surface area contributed by atoms with Gasteiger partial charge in [0, 0.05) is 51.0 Å². The Morgan fingerprint density at radius 2 is 2.00 bits per heavy atom. The molecule has 2 aliphatic heterocycles. The molecule has 2 aromatic heterocycles. The summed E-state index contributed by atoms with van der Waals surface area (Å²) >= 11 is 0. The van der Waals surface area contributed by atoms with Crippen molar-refractivity contribution in [1.29, 1.82) is 0 Å². The summed E-state index contributed by atoms with van der Waals surface area (Å²) in [4.78, 5) is 37.3. The van der Waals surface area contributed by atoms with E-state index in [1.807, 2.05) is 34.9 Å². The smallest absolute Gasteiger partial charge is 0.255 e. The van der Waals surface area contributed by atoms with E-state index in [-0.39, 0.29) is 17.2 Å². The fourth-order valence-corrected chi connectivity index (χ4v) is 3.95. The summed E-state index contributed by atoms with van der Waals surface area (Å²) in [5.41, 5.74) is 2.38. The molecule has 134 valence electrons. The van der Waals surface area contributed by atoms with Crippen molar-refractivity contribution in [2.24, 2.45) is 5.41 Å². The summed E-state index contributed by atoms with van der Waals surface area (Å²) in [6.45, 7) is 4.57. The molecule has 0 N–H and O–H groups in total. The molecule has 6 nitrogen and oxygen atoms in total. The minimum Gasteiger partial charge on any atom is -0.339 e. The average Bonchev–Trinajstić information content (AvgIpc) is 2.68. The van der Waals surface area contributed by atoms with Gasteiger partial charge in [-0.25, -0.2) is 0 Å². The van der Waals surface area contributed by atoms with Crippen molar-refractivity contribution in [3.63, 3.8) is 0 Å². The molecule has 0 saturated carbocycles. The Balaban J connectivity index is 1.35. The Morgan fingerprint density at radius 1 is 1.19 bits per heavy atom. The van der Waals surface area contributed by atoms with E-state index < -0.39 is 0 Å². The van der Waals surface area contributed by atoms with Crippen molar-refractivity contribution in [2.75, 3.05) is 19.6 Å². The molecule has 1 spiro atoms. The van der Waals surface area contributed by atoms with Crippen LogP contribution < -0.4 is 0 Å². The third kappa shape index (κ3) is 2.96. The molecule has 0 radical (unpaired) electrons. The molecule has 2 aromatic rings. The zero-order chi connectivity index (χ0) is 18.1. The van der Waals surface area contributed by atoms with Gasteiger partial charge in [0.05, 0.1) is 11.0 Å². The third-order valence-corrected chi connectivity index (χ3v) is 5.46. The highest BCUT2D eigenvalue weighted by Crippen LogP contribution is 2.42. The van der Waals surface area contributed by atoms with Gasteiger partial charge in [-0.2, -0.15) is 0 Å². The Hall–Kier alpha value is -2.76. The predicted molar refractivity (Wildman–Crippen MR) is 96.2 cm³/mol. The Labute approximate surface area is 152 Å². The van der Waals surface area contributed by atoms with Crippen LogP contribution >= 0.6 is 0 Å². The second-order valence-electron chi connectivity index (χ2n) is 7.35. The van der Waals surface area contributed by atoms with Gasteiger partial charge in [0.1, 0.15) is 0 Å². The molecule has 2 aliphatic rings. The number of carbonyl (C=O) groups excluding carboxylic acids is 2. The van der Waals surface area contributed by atoms with Crippen molar-refractivity contribution >= 4 is 11.8 Å². The molecule has 0 unspecified atom stereocenters. The lowest BCUT2D eigenvalue weighted by Gasteiger charge is -2.52. The quantitative estimate of drug-likeness (QED) is 0.795. The van der Waals surface area contributed by atoms with Crippen LogP contribution in [0.25, 0.3) is 0 Å². The van der Waals surface area contributed by atoms with Crippen molar-refractivity contribution in [3.05, 3.63) is 59.7 Å². The van der Waals surface area contributed by atoms with E-state index in [1.54, 1.807) is 24.8 Å². The Bertz CT molecular complexity index is 829. The van der Waals surface area contributed by atoms with E-state index >= 15 is 0 Å². The standard InChI is InChI=1S/C20H22N4O2/c1-15-9-17(12-22-10-15)18(25)23-7-4-20(5-8-23)14-24(19(20)26)13-16-3-2-6-21-11-16/h2-3,6,9-12H,4-5,7-8,13-14H2,1H3. The molecule has 26 heavy (non-hydrogen) atoms. The monoisotopic (exact) mass is 350 g/mol. The van der Waals surface area contributed by atoms with Crippen LogP contribution in [-0.2, 0) is 11.3 Å². The summed E-state index contributed by atoms with van der Waals surface area (Å²) in [5.74, 6) is 0.223. The molecule has 2 fully saturated rings. The second kappa shape index (κ2) is 6.52. The molecule has 4 rings (SSSR count). The predicted octanol–water partition coefficient (Wildman–Crippen LogP) is 2.05. The number of β-lactam (4-membered cyclic amide) rings is 1. The number of hydrogen-bond acceptors (Lipinski definition) is 4. The highest BCUT2D eigenvalue weighted by atomic mass is 16.2. The van der Waals surface area contributed by atoms with E-state index in [0.29, 0.717) is 25.2 Å². The maximum Gasteiger partial charge on any atom is 0.255 e. The first-order valence-electron chi connectivity index (χ1n) is 8.97. The highest BCUT2D eigenvalue weighted by Gasteiger charge is 2.53. The minimum absolute atomic E-state index is 0.00929. The Kier molecular flexibility index (Phi) is 4.18. The van der Waals surface area contributed by atoms with Gasteiger partial charge in [-0.15, -0.1) is 0 Å². The molecule has 6 heteroatoms. The number of hydrogen-bond donors (Lipinski definition) is 0. The first-order valence-corrected chi connectivity index (χ1v) is 8.97. The van der Waals surface area contributed by atoms with Gasteiger partial charge >= 0.3 is 0 Å². The number of aryl methyl sites for hydroxylation is 1. The first kappa shape index (κ1) is 16.7. The van der Waals surface area contributed by atoms with E-state index in [2.05, 4.69) is 9.97 Å². The molecule has 0 atom stereocenters. The number of rotatable bonds is 3. The summed E-state index contributed by atoms with van der Waals surface area (Å²) in [6.07, 6.45) is 8.37. The lowest BCUT2D eigenvalue weighted by molar-refractivity contribution is -0.165. The number of piperidine rings is 1. The molecule has 0 bridgehead atoms. The number of pyridine rings is 2. The first-order chi connectivity index (χ1) is 12.6. The Morgan fingerprint density at radius 3 is 2.65 bits per heavy atom. The number of carbonyl (C=O) groups is 2. The fraction of sp³-hybridized carbons (Fsp3) is 0.400. The van der Waals surface area contributed by atoms with Crippen LogP contribution in [0.4, 0.5) is 0 Å². The summed E-state index contributed by atoms with van der Waals surface area (Å²) in [6, 6.07) is 5.74. The zero-order valence-corrected chi connectivity index (χ0v) is 14.9. The molecule has 4 heterocycles. The van der Waals surface area contributed by atoms with Gasteiger partial charge in [0.2, 0.25) is 5.91 Å². The number of nitrogens with zero attached hydrogens (tertiary/aromatic N) is 4. The van der Waals surface area contributed by atoms with E-state index in [1.165, 1.54) is 0 Å². The number of aromatic nitrogens is 2. The molecule has 0 aromatic carbocycles. The molecule has 0 aliphatic carbocycles. The van der Waals surface area contributed by atoms with Crippen LogP contribution in [0.2, 0.25) is 0 Å². The van der Waals surface area contributed by atoms with Gasteiger partial charge in [-0.3, -0.25) is 19.6 Å². The van der Waals surface area contributed by atoms with Crippen molar-refractivity contribution in [1.82, 2.24) is 19.8 Å². The normalized spacial score (nSPS) is 18.7. The van der Waals surface area contributed by atoms with E-state index in [4.69, 9.17) is 0 Å². The van der Waals surface area contributed by atoms with Crippen molar-refractivity contribution in [2.45, 2.75) is 26.3 Å². The third-order valence-electron chi connectivity index (χ3n) is 5.46. The lowest BCUT2D eigenvalue weighted by Crippen LogP contribution is -2.64. The zero-order valence-electron chi connectivity index (χ0n) is 14.9.